The predicted molar refractivity (Wildman–Crippen MR) is 113 cm³/mol. The fourth-order valence-electron chi connectivity index (χ4n) is 2.79. The van der Waals surface area contributed by atoms with Gasteiger partial charge in [-0.15, -0.1) is 11.8 Å². The maximum atomic E-state index is 12.7. The Kier molecular flexibility index (Phi) is 6.50. The maximum absolute atomic E-state index is 12.7. The lowest BCUT2D eigenvalue weighted by atomic mass is 10.1. The smallest absolute Gasteiger partial charge is 0.313 e. The van der Waals surface area contributed by atoms with Crippen LogP contribution in [0.15, 0.2) is 77.8 Å². The maximum Gasteiger partial charge on any atom is 0.313 e. The number of ketones is 1. The molecule has 0 unspecified atom stereocenters. The van der Waals surface area contributed by atoms with Gasteiger partial charge in [0.25, 0.3) is 0 Å². The van der Waals surface area contributed by atoms with Crippen LogP contribution in [0.2, 0.25) is 0 Å². The molecule has 0 saturated heterocycles. The van der Waals surface area contributed by atoms with Crippen LogP contribution < -0.4 is 0 Å². The van der Waals surface area contributed by atoms with E-state index in [1.54, 1.807) is 0 Å². The van der Waals surface area contributed by atoms with Gasteiger partial charge in [-0.05, 0) is 36.8 Å². The molecule has 1 heterocycles. The third-order valence-corrected chi connectivity index (χ3v) is 5.19. The van der Waals surface area contributed by atoms with Gasteiger partial charge in [0, 0.05) is 23.2 Å². The Balaban J connectivity index is 1.68. The second kappa shape index (κ2) is 9.24. The molecule has 28 heavy (non-hydrogen) atoms. The molecule has 4 nitrogen and oxygen atoms in total. The number of carbonyl (C=O) groups is 2. The van der Waals surface area contributed by atoms with Crippen molar-refractivity contribution in [2.75, 3.05) is 5.75 Å². The van der Waals surface area contributed by atoms with E-state index >= 15 is 0 Å². The van der Waals surface area contributed by atoms with Crippen molar-refractivity contribution >= 4 is 29.6 Å². The molecule has 1 N–H and O–H groups in total. The molecule has 0 bridgehead atoms. The lowest BCUT2D eigenvalue weighted by Gasteiger charge is -2.06. The van der Waals surface area contributed by atoms with Gasteiger partial charge in [0.05, 0.1) is 11.4 Å². The van der Waals surface area contributed by atoms with Crippen molar-refractivity contribution in [2.45, 2.75) is 18.4 Å². The molecule has 0 spiro atoms. The van der Waals surface area contributed by atoms with Gasteiger partial charge in [-0.2, -0.15) is 0 Å². The summed E-state index contributed by atoms with van der Waals surface area (Å²) >= 11 is 1.30. The Morgan fingerprint density at radius 2 is 1.86 bits per heavy atom. The number of rotatable bonds is 8. The highest BCUT2D eigenvalue weighted by atomic mass is 32.2. The third kappa shape index (κ3) is 5.24. The van der Waals surface area contributed by atoms with Gasteiger partial charge >= 0.3 is 5.97 Å². The van der Waals surface area contributed by atoms with Gasteiger partial charge in [-0.3, -0.25) is 9.59 Å². The molecule has 0 atom stereocenters. The summed E-state index contributed by atoms with van der Waals surface area (Å²) in [4.78, 5) is 24.4. The molecule has 1 aromatic heterocycles. The average molecular weight is 391 g/mol. The van der Waals surface area contributed by atoms with Crippen LogP contribution in [0.1, 0.15) is 27.2 Å². The van der Waals surface area contributed by atoms with Crippen LogP contribution in [0.5, 0.6) is 0 Å². The summed E-state index contributed by atoms with van der Waals surface area (Å²) in [5.41, 5.74) is 3.45. The number of benzene rings is 2. The van der Waals surface area contributed by atoms with Crippen LogP contribution in [-0.2, 0) is 11.3 Å². The number of allylic oxidation sites excluding steroid dienone is 1. The zero-order chi connectivity index (χ0) is 19.9. The Morgan fingerprint density at radius 3 is 2.61 bits per heavy atom. The van der Waals surface area contributed by atoms with Gasteiger partial charge in [-0.1, -0.05) is 54.1 Å². The van der Waals surface area contributed by atoms with Crippen molar-refractivity contribution in [3.8, 4) is 0 Å². The first kappa shape index (κ1) is 19.7. The van der Waals surface area contributed by atoms with Crippen LogP contribution in [0.4, 0.5) is 0 Å². The molecule has 0 amide bonds. The van der Waals surface area contributed by atoms with E-state index in [-0.39, 0.29) is 11.5 Å². The number of aromatic nitrogens is 1. The molecule has 0 aliphatic heterocycles. The van der Waals surface area contributed by atoms with Crippen molar-refractivity contribution in [3.05, 3.63) is 95.3 Å². The number of nitrogens with zero attached hydrogens (tertiary/aromatic N) is 1. The first-order chi connectivity index (χ1) is 13.5. The Hall–Kier alpha value is -3.05. The van der Waals surface area contributed by atoms with Gasteiger partial charge in [0.2, 0.25) is 5.78 Å². The fraction of sp³-hybridized carbons (Fsp3) is 0.130. The molecule has 3 rings (SSSR count). The highest BCUT2D eigenvalue weighted by molar-refractivity contribution is 8.00. The minimum atomic E-state index is -0.829. The topological polar surface area (TPSA) is 59.3 Å². The van der Waals surface area contributed by atoms with Crippen LogP contribution in [0.25, 0.3) is 6.08 Å². The van der Waals surface area contributed by atoms with Crippen LogP contribution in [0.3, 0.4) is 0 Å². The lowest BCUT2D eigenvalue weighted by molar-refractivity contribution is -0.133. The Morgan fingerprint density at radius 1 is 1.07 bits per heavy atom. The highest BCUT2D eigenvalue weighted by Gasteiger charge is 2.12. The predicted octanol–water partition coefficient (Wildman–Crippen LogP) is 4.92. The number of hydrogen-bond acceptors (Lipinski definition) is 3. The van der Waals surface area contributed by atoms with Crippen molar-refractivity contribution in [1.29, 1.82) is 0 Å². The molecule has 142 valence electrons. The monoisotopic (exact) mass is 391 g/mol. The normalized spacial score (nSPS) is 11.0. The van der Waals surface area contributed by atoms with Gasteiger partial charge in [0.1, 0.15) is 0 Å². The summed E-state index contributed by atoms with van der Waals surface area (Å²) in [6.07, 6.45) is 5.86. The SMILES string of the molecule is Cc1ccc(C(=O)c2cccn2C/C=C/c2cccc(SCC(=O)O)c2)cc1. The second-order valence-corrected chi connectivity index (χ2v) is 7.45. The number of carboxylic acids is 1. The van der Waals surface area contributed by atoms with E-state index in [4.69, 9.17) is 5.11 Å². The summed E-state index contributed by atoms with van der Waals surface area (Å²) in [5.74, 6) is -0.782. The third-order valence-electron chi connectivity index (χ3n) is 4.21. The standard InChI is InChI=1S/C23H21NO3S/c1-17-9-11-19(12-10-17)23(27)21-8-4-14-24(21)13-3-6-18-5-2-7-20(15-18)28-16-22(25)26/h2-12,14-15H,13,16H2,1H3,(H,25,26)/b6-3+. The fourth-order valence-corrected chi connectivity index (χ4v) is 3.47. The first-order valence-corrected chi connectivity index (χ1v) is 9.89. The van der Waals surface area contributed by atoms with E-state index in [0.29, 0.717) is 17.8 Å². The van der Waals surface area contributed by atoms with Crippen molar-refractivity contribution in [1.82, 2.24) is 4.57 Å². The zero-order valence-corrected chi connectivity index (χ0v) is 16.4. The molecular formula is C23H21NO3S. The quantitative estimate of drug-likeness (QED) is 0.437. The van der Waals surface area contributed by atoms with E-state index in [9.17, 15) is 9.59 Å². The van der Waals surface area contributed by atoms with Gasteiger partial charge in [-0.25, -0.2) is 0 Å². The molecule has 0 fully saturated rings. The van der Waals surface area contributed by atoms with Crippen molar-refractivity contribution in [3.63, 3.8) is 0 Å². The zero-order valence-electron chi connectivity index (χ0n) is 15.5. The molecule has 5 heteroatoms. The summed E-state index contributed by atoms with van der Waals surface area (Å²) in [7, 11) is 0. The number of carboxylic acid groups (broad SMARTS) is 1. The van der Waals surface area contributed by atoms with E-state index in [1.807, 2.05) is 90.5 Å². The second-order valence-electron chi connectivity index (χ2n) is 6.40. The van der Waals surface area contributed by atoms with E-state index in [2.05, 4.69) is 0 Å². The van der Waals surface area contributed by atoms with E-state index < -0.39 is 5.97 Å². The Labute approximate surface area is 168 Å². The van der Waals surface area contributed by atoms with Crippen LogP contribution in [0, 0.1) is 6.92 Å². The van der Waals surface area contributed by atoms with Crippen LogP contribution >= 0.6 is 11.8 Å². The first-order valence-electron chi connectivity index (χ1n) is 8.90. The molecule has 0 aliphatic carbocycles. The average Bonchev–Trinajstić information content (AvgIpc) is 3.15. The Bertz CT molecular complexity index is 1000. The lowest BCUT2D eigenvalue weighted by Crippen LogP contribution is -2.09. The van der Waals surface area contributed by atoms with Crippen molar-refractivity contribution in [2.24, 2.45) is 0 Å². The number of hydrogen-bond donors (Lipinski definition) is 1. The molecular weight excluding hydrogens is 370 g/mol. The van der Waals surface area contributed by atoms with E-state index in [1.165, 1.54) is 11.8 Å². The minimum absolute atomic E-state index is 0.00506. The number of aliphatic carboxylic acids is 1. The summed E-state index contributed by atoms with van der Waals surface area (Å²) in [6, 6.07) is 19.0. The van der Waals surface area contributed by atoms with Gasteiger partial charge in [0.15, 0.2) is 0 Å². The molecule has 2 aromatic carbocycles. The highest BCUT2D eigenvalue weighted by Crippen LogP contribution is 2.20. The summed E-state index contributed by atoms with van der Waals surface area (Å²) < 4.78 is 1.92. The number of thioether (sulfide) groups is 1. The largest absolute Gasteiger partial charge is 0.481 e. The van der Waals surface area contributed by atoms with Crippen LogP contribution in [-0.4, -0.2) is 27.2 Å². The molecule has 3 aromatic rings. The number of carbonyl (C=O) groups excluding carboxylic acids is 1. The molecule has 0 aliphatic rings. The van der Waals surface area contributed by atoms with E-state index in [0.717, 1.165) is 16.0 Å². The van der Waals surface area contributed by atoms with Crippen molar-refractivity contribution < 1.29 is 14.7 Å². The van der Waals surface area contributed by atoms with Gasteiger partial charge < -0.3 is 9.67 Å². The number of aryl methyl sites for hydroxylation is 1. The summed E-state index contributed by atoms with van der Waals surface area (Å²) in [6.45, 7) is 2.57. The summed E-state index contributed by atoms with van der Waals surface area (Å²) in [5, 5.41) is 8.79. The minimum Gasteiger partial charge on any atom is -0.481 e. The molecule has 0 radical (unpaired) electrons. The molecule has 0 saturated carbocycles.